The fourth-order valence-electron chi connectivity index (χ4n) is 2.21. The van der Waals surface area contributed by atoms with Crippen molar-refractivity contribution in [3.8, 4) is 0 Å². The minimum Gasteiger partial charge on any atom is -0.306 e. The van der Waals surface area contributed by atoms with Crippen molar-refractivity contribution in [3.05, 3.63) is 47.6 Å². The Morgan fingerprint density at radius 1 is 1.18 bits per heavy atom. The molecule has 1 nitrogen and oxygen atoms in total. The molecule has 2 aliphatic rings. The summed E-state index contributed by atoms with van der Waals surface area (Å²) in [7, 11) is 2.20. The summed E-state index contributed by atoms with van der Waals surface area (Å²) in [6.07, 6.45) is 16.0. The van der Waals surface area contributed by atoms with E-state index in [9.17, 15) is 0 Å². The third-order valence-electron chi connectivity index (χ3n) is 3.52. The first kappa shape index (κ1) is 12.4. The first-order valence-corrected chi connectivity index (χ1v) is 6.52. The Bertz CT molecular complexity index is 384. The van der Waals surface area contributed by atoms with Crippen LogP contribution < -0.4 is 0 Å². The van der Waals surface area contributed by atoms with Crippen LogP contribution in [0.1, 0.15) is 26.7 Å². The van der Waals surface area contributed by atoms with E-state index in [1.54, 1.807) is 5.57 Å². The van der Waals surface area contributed by atoms with Gasteiger partial charge in [0.15, 0.2) is 0 Å². The maximum Gasteiger partial charge on any atom is 0.00158 e. The molecule has 0 N–H and O–H groups in total. The molecule has 0 saturated carbocycles. The van der Waals surface area contributed by atoms with Crippen LogP contribution in [0.4, 0.5) is 0 Å². The van der Waals surface area contributed by atoms with Gasteiger partial charge in [-0.15, -0.1) is 0 Å². The lowest BCUT2D eigenvalue weighted by Crippen LogP contribution is -2.26. The lowest BCUT2D eigenvalue weighted by atomic mass is 9.93. The van der Waals surface area contributed by atoms with Crippen LogP contribution in [-0.4, -0.2) is 25.0 Å². The summed E-state index contributed by atoms with van der Waals surface area (Å²) in [4.78, 5) is 2.40. The van der Waals surface area contributed by atoms with Gasteiger partial charge in [-0.05, 0) is 25.5 Å². The zero-order chi connectivity index (χ0) is 12.3. The fraction of sp³-hybridized carbons (Fsp3) is 0.500. The number of rotatable bonds is 1. The van der Waals surface area contributed by atoms with Crippen molar-refractivity contribution < 1.29 is 0 Å². The lowest BCUT2D eigenvalue weighted by Gasteiger charge is -2.24. The lowest BCUT2D eigenvalue weighted by molar-refractivity contribution is 0.312. The van der Waals surface area contributed by atoms with Crippen LogP contribution in [0.3, 0.4) is 0 Å². The summed E-state index contributed by atoms with van der Waals surface area (Å²) in [5.41, 5.74) is 3.11. The molecule has 0 radical (unpaired) electrons. The molecule has 92 valence electrons. The molecule has 0 aromatic heterocycles. The van der Waals surface area contributed by atoms with Crippen molar-refractivity contribution in [1.82, 2.24) is 4.90 Å². The molecule has 1 aliphatic heterocycles. The molecule has 0 amide bonds. The van der Waals surface area contributed by atoms with Gasteiger partial charge in [0.2, 0.25) is 0 Å². The zero-order valence-electron chi connectivity index (χ0n) is 11.2. The average Bonchev–Trinajstić information content (AvgIpc) is 2.44. The number of piperidine rings is 1. The minimum atomic E-state index is 0.184. The Balaban J connectivity index is 2.07. The first-order valence-electron chi connectivity index (χ1n) is 6.52. The Kier molecular flexibility index (Phi) is 3.68. The van der Waals surface area contributed by atoms with Gasteiger partial charge < -0.3 is 4.90 Å². The van der Waals surface area contributed by atoms with Crippen LogP contribution in [0, 0.1) is 5.41 Å². The summed E-state index contributed by atoms with van der Waals surface area (Å²) in [5.74, 6) is 0. The Morgan fingerprint density at radius 2 is 1.88 bits per heavy atom. The van der Waals surface area contributed by atoms with Gasteiger partial charge in [-0.2, -0.15) is 0 Å². The third-order valence-corrected chi connectivity index (χ3v) is 3.52. The number of likely N-dealkylation sites (tertiary alicyclic amines) is 1. The summed E-state index contributed by atoms with van der Waals surface area (Å²) >= 11 is 0. The molecule has 1 heteroatoms. The molecule has 1 saturated heterocycles. The van der Waals surface area contributed by atoms with Gasteiger partial charge in [0, 0.05) is 18.5 Å². The topological polar surface area (TPSA) is 3.24 Å². The normalized spacial score (nSPS) is 24.4. The standard InChI is InChI=1S/C16H23N/c1-16(2)9-4-5-14(6-10-16)13-15-7-11-17(3)12-8-15/h4-6,9-10,13H,7-8,11-12H2,1-3H3. The predicted molar refractivity (Wildman–Crippen MR) is 75.0 cm³/mol. The smallest absolute Gasteiger partial charge is 0.00158 e. The minimum absolute atomic E-state index is 0.184. The van der Waals surface area contributed by atoms with Gasteiger partial charge in [0.05, 0.1) is 0 Å². The van der Waals surface area contributed by atoms with Crippen molar-refractivity contribution in [2.45, 2.75) is 26.7 Å². The molecule has 1 fully saturated rings. The molecule has 0 aromatic carbocycles. The SMILES string of the molecule is CN1CCC(=CC2=CC=CC(C)(C)C=C2)CC1. The van der Waals surface area contributed by atoms with E-state index in [0.717, 1.165) is 0 Å². The van der Waals surface area contributed by atoms with Crippen LogP contribution in [0.5, 0.6) is 0 Å². The van der Waals surface area contributed by atoms with Crippen molar-refractivity contribution in [3.63, 3.8) is 0 Å². The third kappa shape index (κ3) is 3.71. The van der Waals surface area contributed by atoms with E-state index < -0.39 is 0 Å². The highest BCUT2D eigenvalue weighted by molar-refractivity contribution is 5.40. The number of hydrogen-bond acceptors (Lipinski definition) is 1. The van der Waals surface area contributed by atoms with Gasteiger partial charge in [-0.25, -0.2) is 0 Å². The zero-order valence-corrected chi connectivity index (χ0v) is 11.2. The van der Waals surface area contributed by atoms with E-state index >= 15 is 0 Å². The average molecular weight is 229 g/mol. The van der Waals surface area contributed by atoms with Crippen LogP contribution in [0.25, 0.3) is 0 Å². The van der Waals surface area contributed by atoms with E-state index in [4.69, 9.17) is 0 Å². The molecule has 0 bridgehead atoms. The van der Waals surface area contributed by atoms with Gasteiger partial charge in [0.1, 0.15) is 0 Å². The molecule has 0 atom stereocenters. The molecule has 17 heavy (non-hydrogen) atoms. The summed E-state index contributed by atoms with van der Waals surface area (Å²) < 4.78 is 0. The van der Waals surface area contributed by atoms with E-state index in [2.05, 4.69) is 62.3 Å². The number of allylic oxidation sites excluding steroid dienone is 7. The molecule has 0 aromatic rings. The van der Waals surface area contributed by atoms with E-state index in [0.29, 0.717) is 0 Å². The van der Waals surface area contributed by atoms with Gasteiger partial charge in [-0.3, -0.25) is 0 Å². The van der Waals surface area contributed by atoms with E-state index in [-0.39, 0.29) is 5.41 Å². The second-order valence-electron chi connectivity index (χ2n) is 5.79. The second-order valence-corrected chi connectivity index (χ2v) is 5.79. The van der Waals surface area contributed by atoms with E-state index in [1.807, 2.05) is 0 Å². The molecule has 1 aliphatic carbocycles. The van der Waals surface area contributed by atoms with Crippen LogP contribution >= 0.6 is 0 Å². The molecule has 1 heterocycles. The van der Waals surface area contributed by atoms with Gasteiger partial charge in [0.25, 0.3) is 0 Å². The van der Waals surface area contributed by atoms with Crippen molar-refractivity contribution in [1.29, 1.82) is 0 Å². The van der Waals surface area contributed by atoms with Crippen LogP contribution in [0.15, 0.2) is 47.6 Å². The molecule has 2 rings (SSSR count). The van der Waals surface area contributed by atoms with Gasteiger partial charge >= 0.3 is 0 Å². The van der Waals surface area contributed by atoms with Crippen LogP contribution in [-0.2, 0) is 0 Å². The fourth-order valence-corrected chi connectivity index (χ4v) is 2.21. The molecule has 0 spiro atoms. The summed E-state index contributed by atoms with van der Waals surface area (Å²) in [6.45, 7) is 6.87. The summed E-state index contributed by atoms with van der Waals surface area (Å²) in [6, 6.07) is 0. The quantitative estimate of drug-likeness (QED) is 0.662. The molecule has 0 unspecified atom stereocenters. The number of hydrogen-bond donors (Lipinski definition) is 0. The highest BCUT2D eigenvalue weighted by Gasteiger charge is 2.12. The maximum absolute atomic E-state index is 2.40. The monoisotopic (exact) mass is 229 g/mol. The maximum atomic E-state index is 2.40. The largest absolute Gasteiger partial charge is 0.306 e. The van der Waals surface area contributed by atoms with Gasteiger partial charge in [-0.1, -0.05) is 55.9 Å². The van der Waals surface area contributed by atoms with Crippen LogP contribution in [0.2, 0.25) is 0 Å². The molecular weight excluding hydrogens is 206 g/mol. The Morgan fingerprint density at radius 3 is 2.59 bits per heavy atom. The highest BCUT2D eigenvalue weighted by atomic mass is 15.1. The highest BCUT2D eigenvalue weighted by Crippen LogP contribution is 2.24. The second kappa shape index (κ2) is 5.05. The van der Waals surface area contributed by atoms with Crippen molar-refractivity contribution in [2.24, 2.45) is 5.41 Å². The Labute approximate surface area is 105 Å². The predicted octanol–water partition coefficient (Wildman–Crippen LogP) is 3.72. The van der Waals surface area contributed by atoms with E-state index in [1.165, 1.54) is 31.5 Å². The number of nitrogens with zero attached hydrogens (tertiary/aromatic N) is 1. The van der Waals surface area contributed by atoms with Crippen molar-refractivity contribution in [2.75, 3.05) is 20.1 Å². The first-order chi connectivity index (χ1) is 8.05. The Hall–Kier alpha value is -1.08. The molecular formula is C16H23N. The van der Waals surface area contributed by atoms with Crippen molar-refractivity contribution >= 4 is 0 Å². The summed E-state index contributed by atoms with van der Waals surface area (Å²) in [5, 5.41) is 0.